The summed E-state index contributed by atoms with van der Waals surface area (Å²) in [4.78, 5) is 10.7. The molecule has 31 heavy (non-hydrogen) atoms. The molecule has 1 heterocycles. The Morgan fingerprint density at radius 1 is 1.19 bits per heavy atom. The predicted octanol–water partition coefficient (Wildman–Crippen LogP) is 5.12. The van der Waals surface area contributed by atoms with Gasteiger partial charge in [-0.25, -0.2) is 0 Å². The van der Waals surface area contributed by atoms with Crippen molar-refractivity contribution in [2.45, 2.75) is 109 Å². The first-order valence-corrected chi connectivity index (χ1v) is 14.9. The Hall–Kier alpha value is -0.733. The number of unbranched alkanes of at least 4 members (excludes halogenated alkanes) is 1. The highest BCUT2D eigenvalue weighted by molar-refractivity contribution is 6.74. The first-order chi connectivity index (χ1) is 14.5. The first-order valence-electron chi connectivity index (χ1n) is 12.0. The fourth-order valence-corrected chi connectivity index (χ4v) is 5.19. The van der Waals surface area contributed by atoms with Crippen molar-refractivity contribution in [3.8, 4) is 0 Å². The van der Waals surface area contributed by atoms with E-state index >= 15 is 0 Å². The van der Waals surface area contributed by atoms with Crippen molar-refractivity contribution in [3.05, 3.63) is 12.2 Å². The number of allylic oxidation sites excluding steroid dienone is 2. The van der Waals surface area contributed by atoms with E-state index in [1.807, 2.05) is 6.08 Å². The molecular weight excluding hydrogens is 412 g/mol. The van der Waals surface area contributed by atoms with Crippen LogP contribution in [0.4, 0.5) is 0 Å². The lowest BCUT2D eigenvalue weighted by Gasteiger charge is -2.38. The van der Waals surface area contributed by atoms with Crippen molar-refractivity contribution in [1.82, 2.24) is 0 Å². The number of ether oxygens (including phenoxy) is 2. The topological polar surface area (TPSA) is 85.2 Å². The van der Waals surface area contributed by atoms with E-state index in [1.165, 1.54) is 0 Å². The van der Waals surface area contributed by atoms with E-state index in [2.05, 4.69) is 39.9 Å². The van der Waals surface area contributed by atoms with Gasteiger partial charge in [0, 0.05) is 32.0 Å². The van der Waals surface area contributed by atoms with Crippen LogP contribution in [0.5, 0.6) is 0 Å². The number of carbonyl (C=O) groups is 1. The van der Waals surface area contributed by atoms with E-state index in [0.717, 1.165) is 38.7 Å². The van der Waals surface area contributed by atoms with Gasteiger partial charge in [0.15, 0.2) is 14.6 Å². The molecule has 6 nitrogen and oxygen atoms in total. The highest BCUT2D eigenvalue weighted by atomic mass is 28.4. The summed E-state index contributed by atoms with van der Waals surface area (Å²) in [5.74, 6) is -0.556. The van der Waals surface area contributed by atoms with Crippen molar-refractivity contribution in [1.29, 1.82) is 0 Å². The van der Waals surface area contributed by atoms with Gasteiger partial charge in [-0.15, -0.1) is 0 Å². The lowest BCUT2D eigenvalue weighted by atomic mass is 9.91. The molecule has 0 radical (unpaired) electrons. The van der Waals surface area contributed by atoms with Gasteiger partial charge in [-0.2, -0.15) is 0 Å². The SMILES string of the molecule is CC(C)(C)[Si](C)(C)OC[C@@H]1C(C/C=C\CCCC(=O)O)[C@@H](O)C[C@H]1OC1CCCCO1. The average molecular weight is 457 g/mol. The van der Waals surface area contributed by atoms with Gasteiger partial charge in [0.2, 0.25) is 0 Å². The van der Waals surface area contributed by atoms with Crippen molar-refractivity contribution in [3.63, 3.8) is 0 Å². The quantitative estimate of drug-likeness (QED) is 0.255. The monoisotopic (exact) mass is 456 g/mol. The molecule has 1 saturated heterocycles. The fraction of sp³-hybridized carbons (Fsp3) is 0.875. The number of rotatable bonds is 11. The van der Waals surface area contributed by atoms with E-state index < -0.39 is 20.4 Å². The van der Waals surface area contributed by atoms with E-state index in [-0.39, 0.29) is 35.7 Å². The van der Waals surface area contributed by atoms with E-state index in [1.54, 1.807) is 0 Å². The maximum atomic E-state index is 10.8. The van der Waals surface area contributed by atoms with Gasteiger partial charge in [0.25, 0.3) is 0 Å². The summed E-state index contributed by atoms with van der Waals surface area (Å²) in [6, 6.07) is 0. The number of hydrogen-bond acceptors (Lipinski definition) is 5. The third kappa shape index (κ3) is 8.28. The zero-order chi connectivity index (χ0) is 23.1. The zero-order valence-corrected chi connectivity index (χ0v) is 21.1. The van der Waals surface area contributed by atoms with Crippen molar-refractivity contribution >= 4 is 14.3 Å². The lowest BCUT2D eigenvalue weighted by molar-refractivity contribution is -0.197. The number of aliphatic hydroxyl groups excluding tert-OH is 1. The molecule has 1 aliphatic carbocycles. The van der Waals surface area contributed by atoms with Crippen molar-refractivity contribution in [2.24, 2.45) is 11.8 Å². The molecule has 2 rings (SSSR count). The Labute approximate surface area is 189 Å². The molecule has 180 valence electrons. The molecule has 1 saturated carbocycles. The highest BCUT2D eigenvalue weighted by Gasteiger charge is 2.46. The van der Waals surface area contributed by atoms with E-state index in [9.17, 15) is 9.90 Å². The molecule has 7 heteroatoms. The summed E-state index contributed by atoms with van der Waals surface area (Å²) in [6.45, 7) is 12.6. The van der Waals surface area contributed by atoms with Crippen LogP contribution < -0.4 is 0 Å². The number of aliphatic hydroxyl groups is 1. The minimum atomic E-state index is -1.91. The third-order valence-corrected chi connectivity index (χ3v) is 11.7. The molecular formula is C24H44O6Si. The summed E-state index contributed by atoms with van der Waals surface area (Å²) < 4.78 is 18.7. The molecule has 0 bridgehead atoms. The smallest absolute Gasteiger partial charge is 0.303 e. The second-order valence-corrected chi connectivity index (χ2v) is 15.5. The highest BCUT2D eigenvalue weighted by Crippen LogP contribution is 2.42. The number of hydrogen-bond donors (Lipinski definition) is 2. The van der Waals surface area contributed by atoms with Gasteiger partial charge in [-0.3, -0.25) is 4.79 Å². The van der Waals surface area contributed by atoms with E-state index in [4.69, 9.17) is 19.0 Å². The average Bonchev–Trinajstić information content (AvgIpc) is 2.97. The molecule has 0 aromatic carbocycles. The van der Waals surface area contributed by atoms with Crippen LogP contribution in [-0.4, -0.2) is 56.2 Å². The lowest BCUT2D eigenvalue weighted by Crippen LogP contribution is -2.44. The van der Waals surface area contributed by atoms with Gasteiger partial charge in [-0.1, -0.05) is 32.9 Å². The minimum absolute atomic E-state index is 0.0618. The maximum absolute atomic E-state index is 10.8. The molecule has 5 atom stereocenters. The summed E-state index contributed by atoms with van der Waals surface area (Å²) >= 11 is 0. The van der Waals surface area contributed by atoms with E-state index in [0.29, 0.717) is 19.4 Å². The summed E-state index contributed by atoms with van der Waals surface area (Å²) in [7, 11) is -1.91. The van der Waals surface area contributed by atoms with Crippen LogP contribution in [0.25, 0.3) is 0 Å². The number of carboxylic acid groups (broad SMARTS) is 1. The van der Waals surface area contributed by atoms with Crippen LogP contribution in [0.1, 0.15) is 72.1 Å². The van der Waals surface area contributed by atoms with Crippen molar-refractivity contribution in [2.75, 3.05) is 13.2 Å². The molecule has 2 aliphatic rings. The van der Waals surface area contributed by atoms with Crippen molar-refractivity contribution < 1.29 is 28.9 Å². The maximum Gasteiger partial charge on any atom is 0.303 e. The van der Waals surface area contributed by atoms with Crippen LogP contribution in [0.2, 0.25) is 18.1 Å². The van der Waals surface area contributed by atoms with Crippen LogP contribution >= 0.6 is 0 Å². The summed E-state index contributed by atoms with van der Waals surface area (Å²) in [5.41, 5.74) is 0. The Kier molecular flexibility index (Phi) is 10.2. The second kappa shape index (κ2) is 11.9. The molecule has 1 aliphatic heterocycles. The van der Waals surface area contributed by atoms with Crippen LogP contribution in [-0.2, 0) is 18.7 Å². The summed E-state index contributed by atoms with van der Waals surface area (Å²) in [5, 5.41) is 19.7. The minimum Gasteiger partial charge on any atom is -0.481 e. The molecule has 0 aromatic rings. The molecule has 2 N–H and O–H groups in total. The largest absolute Gasteiger partial charge is 0.481 e. The molecule has 2 fully saturated rings. The number of aliphatic carboxylic acids is 1. The Morgan fingerprint density at radius 2 is 1.94 bits per heavy atom. The van der Waals surface area contributed by atoms with Gasteiger partial charge >= 0.3 is 5.97 Å². The second-order valence-electron chi connectivity index (χ2n) is 10.7. The number of carboxylic acids is 1. The van der Waals surface area contributed by atoms with Crippen LogP contribution in [0, 0.1) is 11.8 Å². The standard InChI is InChI=1S/C24H44O6Si/c1-24(2,3)31(4,5)29-17-19-18(12-8-6-7-9-13-22(26)27)20(25)16-21(19)30-23-14-10-11-15-28-23/h6,8,18-21,23,25H,7,9-17H2,1-5H3,(H,26,27)/b8-6-/t18?,19-,20+,21-,23?/m1/s1. The van der Waals surface area contributed by atoms with Crippen LogP contribution in [0.3, 0.4) is 0 Å². The predicted molar refractivity (Wildman–Crippen MR) is 124 cm³/mol. The normalized spacial score (nSPS) is 30.2. The van der Waals surface area contributed by atoms with Gasteiger partial charge < -0.3 is 24.1 Å². The van der Waals surface area contributed by atoms with Gasteiger partial charge in [0.05, 0.1) is 12.2 Å². The summed E-state index contributed by atoms with van der Waals surface area (Å²) in [6.07, 6.45) is 9.53. The fourth-order valence-electron chi connectivity index (χ4n) is 4.14. The van der Waals surface area contributed by atoms with Gasteiger partial charge in [0.1, 0.15) is 0 Å². The molecule has 0 amide bonds. The third-order valence-electron chi connectivity index (χ3n) is 7.24. The van der Waals surface area contributed by atoms with Gasteiger partial charge in [-0.05, 0) is 62.6 Å². The van der Waals surface area contributed by atoms with Crippen LogP contribution in [0.15, 0.2) is 12.2 Å². The Morgan fingerprint density at radius 3 is 2.55 bits per heavy atom. The molecule has 0 spiro atoms. The zero-order valence-electron chi connectivity index (χ0n) is 20.1. The Bertz CT molecular complexity index is 579. The Balaban J connectivity index is 2.01. The first kappa shape index (κ1) is 26.5. The molecule has 0 aromatic heterocycles. The molecule has 2 unspecified atom stereocenters.